The van der Waals surface area contributed by atoms with E-state index >= 15 is 0 Å². The van der Waals surface area contributed by atoms with Gasteiger partial charge in [-0.15, -0.1) is 0 Å². The summed E-state index contributed by atoms with van der Waals surface area (Å²) in [5.41, 5.74) is 1.79. The van der Waals surface area contributed by atoms with Crippen LogP contribution in [0.5, 0.6) is 5.75 Å². The first-order valence-corrected chi connectivity index (χ1v) is 9.34. The second-order valence-electron chi connectivity index (χ2n) is 6.52. The molecule has 6 heteroatoms. The van der Waals surface area contributed by atoms with Crippen molar-refractivity contribution in [3.8, 4) is 5.75 Å². The highest BCUT2D eigenvalue weighted by Gasteiger charge is 2.31. The van der Waals surface area contributed by atoms with Gasteiger partial charge in [-0.05, 0) is 54.8 Å². The number of hydrogen-bond acceptors (Lipinski definition) is 3. The van der Waals surface area contributed by atoms with E-state index in [2.05, 4.69) is 20.8 Å². The fourth-order valence-corrected chi connectivity index (χ4v) is 3.82. The van der Waals surface area contributed by atoms with Crippen molar-refractivity contribution in [2.75, 3.05) is 20.2 Å². The van der Waals surface area contributed by atoms with Crippen molar-refractivity contribution < 1.29 is 19.0 Å². The number of halogens is 2. The average molecular weight is 422 g/mol. The second kappa shape index (κ2) is 8.18. The van der Waals surface area contributed by atoms with Crippen LogP contribution in [0.4, 0.5) is 4.39 Å². The highest BCUT2D eigenvalue weighted by Crippen LogP contribution is 2.34. The first-order chi connectivity index (χ1) is 12.5. The van der Waals surface area contributed by atoms with Gasteiger partial charge in [0.1, 0.15) is 0 Å². The summed E-state index contributed by atoms with van der Waals surface area (Å²) in [6.45, 7) is 1.22. The molecule has 1 saturated heterocycles. The molecule has 1 aliphatic heterocycles. The molecule has 1 fully saturated rings. The van der Waals surface area contributed by atoms with Crippen molar-refractivity contribution in [3.63, 3.8) is 0 Å². The standard InChI is InChI=1S/C20H21BrFNO3/c1-26-18-9-6-14(11-17(18)22)19(13-4-7-16(21)8-5-13)23-10-2-3-15(12-23)20(24)25/h4-9,11,15,19H,2-3,10,12H2,1H3,(H,24,25). The Morgan fingerprint density at radius 2 is 1.96 bits per heavy atom. The van der Waals surface area contributed by atoms with E-state index in [1.54, 1.807) is 6.07 Å². The lowest BCUT2D eigenvalue weighted by Gasteiger charge is -2.37. The van der Waals surface area contributed by atoms with Gasteiger partial charge in [-0.1, -0.05) is 34.1 Å². The summed E-state index contributed by atoms with van der Waals surface area (Å²) in [7, 11) is 1.44. The van der Waals surface area contributed by atoms with Crippen LogP contribution in [0.1, 0.15) is 30.0 Å². The summed E-state index contributed by atoms with van der Waals surface area (Å²) < 4.78 is 20.3. The van der Waals surface area contributed by atoms with Crippen LogP contribution in [-0.2, 0) is 4.79 Å². The van der Waals surface area contributed by atoms with Crippen LogP contribution in [0.25, 0.3) is 0 Å². The number of rotatable bonds is 5. The Morgan fingerprint density at radius 3 is 2.58 bits per heavy atom. The monoisotopic (exact) mass is 421 g/mol. The van der Waals surface area contributed by atoms with Gasteiger partial charge in [0, 0.05) is 11.0 Å². The van der Waals surface area contributed by atoms with Crippen LogP contribution >= 0.6 is 15.9 Å². The highest BCUT2D eigenvalue weighted by atomic mass is 79.9. The van der Waals surface area contributed by atoms with E-state index in [-0.39, 0.29) is 11.8 Å². The summed E-state index contributed by atoms with van der Waals surface area (Å²) in [6, 6.07) is 12.6. The summed E-state index contributed by atoms with van der Waals surface area (Å²) in [6.07, 6.45) is 1.48. The van der Waals surface area contributed by atoms with Gasteiger partial charge >= 0.3 is 5.97 Å². The zero-order valence-electron chi connectivity index (χ0n) is 14.5. The maximum atomic E-state index is 14.3. The summed E-state index contributed by atoms with van der Waals surface area (Å²) in [5.74, 6) is -1.39. The number of hydrogen-bond donors (Lipinski definition) is 1. The number of methoxy groups -OCH3 is 1. The molecule has 2 aromatic rings. The largest absolute Gasteiger partial charge is 0.494 e. The molecule has 0 saturated carbocycles. The molecule has 1 aliphatic rings. The SMILES string of the molecule is COc1ccc(C(c2ccc(Br)cc2)N2CCCC(C(=O)O)C2)cc1F. The maximum Gasteiger partial charge on any atom is 0.307 e. The number of piperidine rings is 1. The topological polar surface area (TPSA) is 49.8 Å². The molecule has 1 N–H and O–H groups in total. The number of benzene rings is 2. The molecule has 1 heterocycles. The van der Waals surface area contributed by atoms with Gasteiger partial charge in [0.2, 0.25) is 0 Å². The van der Waals surface area contributed by atoms with Crippen LogP contribution in [0.15, 0.2) is 46.9 Å². The molecule has 2 unspecified atom stereocenters. The smallest absolute Gasteiger partial charge is 0.307 e. The van der Waals surface area contributed by atoms with E-state index < -0.39 is 17.7 Å². The Kier molecular flexibility index (Phi) is 5.94. The predicted molar refractivity (Wildman–Crippen MR) is 101 cm³/mol. The van der Waals surface area contributed by atoms with Crippen molar-refractivity contribution in [3.05, 3.63) is 63.9 Å². The van der Waals surface area contributed by atoms with Gasteiger partial charge in [-0.2, -0.15) is 0 Å². The zero-order chi connectivity index (χ0) is 18.7. The Labute approximate surface area is 160 Å². The van der Waals surface area contributed by atoms with E-state index in [9.17, 15) is 14.3 Å². The van der Waals surface area contributed by atoms with Gasteiger partial charge in [0.05, 0.1) is 19.1 Å². The van der Waals surface area contributed by atoms with Crippen LogP contribution in [0.3, 0.4) is 0 Å². The lowest BCUT2D eigenvalue weighted by Crippen LogP contribution is -2.41. The van der Waals surface area contributed by atoms with Crippen molar-refractivity contribution in [2.45, 2.75) is 18.9 Å². The molecule has 0 spiro atoms. The van der Waals surface area contributed by atoms with Crippen molar-refractivity contribution >= 4 is 21.9 Å². The van der Waals surface area contributed by atoms with Gasteiger partial charge in [-0.3, -0.25) is 9.69 Å². The first-order valence-electron chi connectivity index (χ1n) is 8.55. The molecule has 2 atom stereocenters. The Balaban J connectivity index is 2.00. The molecule has 0 bridgehead atoms. The number of nitrogens with zero attached hydrogens (tertiary/aromatic N) is 1. The normalized spacial score (nSPS) is 19.1. The number of likely N-dealkylation sites (tertiary alicyclic amines) is 1. The fourth-order valence-electron chi connectivity index (χ4n) is 3.55. The van der Waals surface area contributed by atoms with Crippen LogP contribution in [-0.4, -0.2) is 36.2 Å². The number of aliphatic carboxylic acids is 1. The van der Waals surface area contributed by atoms with E-state index in [1.807, 2.05) is 30.3 Å². The van der Waals surface area contributed by atoms with Gasteiger partial charge < -0.3 is 9.84 Å². The van der Waals surface area contributed by atoms with Crippen molar-refractivity contribution in [1.29, 1.82) is 0 Å². The van der Waals surface area contributed by atoms with Crippen LogP contribution in [0.2, 0.25) is 0 Å². The Bertz CT molecular complexity index is 781. The summed E-state index contributed by atoms with van der Waals surface area (Å²) >= 11 is 3.44. The molecular weight excluding hydrogens is 401 g/mol. The number of carbonyl (C=O) groups is 1. The van der Waals surface area contributed by atoms with E-state index in [1.165, 1.54) is 13.2 Å². The minimum Gasteiger partial charge on any atom is -0.494 e. The van der Waals surface area contributed by atoms with Gasteiger partial charge in [0.15, 0.2) is 11.6 Å². The van der Waals surface area contributed by atoms with E-state index in [0.29, 0.717) is 13.0 Å². The summed E-state index contributed by atoms with van der Waals surface area (Å²) in [4.78, 5) is 13.6. The molecule has 138 valence electrons. The molecule has 0 aliphatic carbocycles. The average Bonchev–Trinajstić information content (AvgIpc) is 2.64. The van der Waals surface area contributed by atoms with Gasteiger partial charge in [-0.25, -0.2) is 4.39 Å². The lowest BCUT2D eigenvalue weighted by atomic mass is 9.91. The molecule has 3 rings (SSSR count). The molecule has 2 aromatic carbocycles. The van der Waals surface area contributed by atoms with Crippen LogP contribution < -0.4 is 4.74 Å². The molecule has 0 aromatic heterocycles. The fraction of sp³-hybridized carbons (Fsp3) is 0.350. The number of ether oxygens (including phenoxy) is 1. The number of carboxylic acids is 1. The van der Waals surface area contributed by atoms with Crippen molar-refractivity contribution in [1.82, 2.24) is 4.90 Å². The molecule has 0 radical (unpaired) electrons. The molecule has 4 nitrogen and oxygen atoms in total. The van der Waals surface area contributed by atoms with Gasteiger partial charge in [0.25, 0.3) is 0 Å². The predicted octanol–water partition coefficient (Wildman–Crippen LogP) is 4.48. The maximum absolute atomic E-state index is 14.3. The Hall–Kier alpha value is -1.92. The third-order valence-corrected chi connectivity index (χ3v) is 5.37. The Morgan fingerprint density at radius 1 is 1.27 bits per heavy atom. The highest BCUT2D eigenvalue weighted by molar-refractivity contribution is 9.10. The zero-order valence-corrected chi connectivity index (χ0v) is 16.1. The molecule has 26 heavy (non-hydrogen) atoms. The molecule has 0 amide bonds. The molecular formula is C20H21BrFNO3. The van der Waals surface area contributed by atoms with E-state index in [4.69, 9.17) is 4.74 Å². The third kappa shape index (κ3) is 4.07. The van der Waals surface area contributed by atoms with Crippen LogP contribution in [0, 0.1) is 11.7 Å². The first kappa shape index (κ1) is 18.9. The quantitative estimate of drug-likeness (QED) is 0.772. The van der Waals surface area contributed by atoms with Crippen molar-refractivity contribution in [2.24, 2.45) is 5.92 Å². The lowest BCUT2D eigenvalue weighted by molar-refractivity contribution is -0.143. The summed E-state index contributed by atoms with van der Waals surface area (Å²) in [5, 5.41) is 9.42. The minimum absolute atomic E-state index is 0.199. The third-order valence-electron chi connectivity index (χ3n) is 4.84. The number of carboxylic acid groups (broad SMARTS) is 1. The second-order valence-corrected chi connectivity index (χ2v) is 7.44. The minimum atomic E-state index is -0.773. The van der Waals surface area contributed by atoms with E-state index in [0.717, 1.165) is 28.6 Å².